The highest BCUT2D eigenvalue weighted by atomic mass is 16.5. The molecule has 3 aliphatic rings. The van der Waals surface area contributed by atoms with Crippen LogP contribution < -0.4 is 0 Å². The fraction of sp³-hybridized carbons (Fsp3) is 0.697. The minimum absolute atomic E-state index is 0.106. The third kappa shape index (κ3) is 8.09. The molecule has 10 heteroatoms. The van der Waals surface area contributed by atoms with Crippen molar-refractivity contribution >= 4 is 23.4 Å². The number of ketones is 2. The second-order valence-electron chi connectivity index (χ2n) is 12.3. The first kappa shape index (κ1) is 34.8. The predicted octanol–water partition coefficient (Wildman–Crippen LogP) is 3.21. The molecule has 2 saturated heterocycles. The second kappa shape index (κ2) is 15.9. The standard InChI is InChI=1S/C33H49NO9/c1-19-13-9-8-10-14-20(2)29(40-5)25(30(41-6)26(35)21(3)17-19)24-18-22(4)27(36)31(43-24)28(37)32(38)34-16-12-11-15-23(34)33(39)42-7/h8-10,13-14,19,21-25,27,29-31,36H,11-12,15-18H2,1-7H3/b10-8+,13-9-,20-14+/t19-,21+,22?,23?,24+,25?,27-,29+,30?,31-/m1/s1. The molecule has 2 aliphatic heterocycles. The van der Waals surface area contributed by atoms with E-state index in [0.717, 1.165) is 12.0 Å². The highest BCUT2D eigenvalue weighted by molar-refractivity contribution is 6.38. The van der Waals surface area contributed by atoms with Crippen LogP contribution in [-0.4, -0.2) is 97.9 Å². The van der Waals surface area contributed by atoms with Crippen molar-refractivity contribution in [2.24, 2.45) is 23.7 Å². The van der Waals surface area contributed by atoms with E-state index in [4.69, 9.17) is 18.9 Å². The number of ether oxygens (including phenoxy) is 4. The Morgan fingerprint density at radius 1 is 0.977 bits per heavy atom. The number of hydrogen-bond donors (Lipinski definition) is 1. The SMILES string of the molecule is COC(=O)C1CCCCN1C(=O)C(=O)[C@@H]1O[C@H](C2C(OC)C(=O)[C@@H](C)C[C@H](C)\C=C/C=C/C=C(\C)[C@@H]2OC)CC(C)[C@H]1O. The van der Waals surface area contributed by atoms with Gasteiger partial charge < -0.3 is 29.0 Å². The molecule has 1 N–H and O–H groups in total. The quantitative estimate of drug-likeness (QED) is 0.359. The third-order valence-electron chi connectivity index (χ3n) is 9.12. The Labute approximate surface area is 255 Å². The first-order valence-electron chi connectivity index (χ1n) is 15.3. The number of piperidine rings is 1. The van der Waals surface area contributed by atoms with Gasteiger partial charge in [0.1, 0.15) is 12.1 Å². The van der Waals surface area contributed by atoms with Gasteiger partial charge in [-0.1, -0.05) is 51.2 Å². The molecular formula is C33H49NO9. The lowest BCUT2D eigenvalue weighted by Gasteiger charge is -2.45. The van der Waals surface area contributed by atoms with Crippen molar-refractivity contribution in [3.05, 3.63) is 36.0 Å². The Morgan fingerprint density at radius 2 is 1.67 bits per heavy atom. The van der Waals surface area contributed by atoms with Gasteiger partial charge in [-0.15, -0.1) is 0 Å². The molecule has 0 aromatic carbocycles. The van der Waals surface area contributed by atoms with Crippen molar-refractivity contribution in [3.63, 3.8) is 0 Å². The van der Waals surface area contributed by atoms with Crippen LogP contribution in [0.15, 0.2) is 36.0 Å². The van der Waals surface area contributed by atoms with Crippen molar-refractivity contribution in [2.45, 2.75) is 96.4 Å². The molecule has 240 valence electrons. The highest BCUT2D eigenvalue weighted by Gasteiger charge is 2.51. The van der Waals surface area contributed by atoms with Gasteiger partial charge >= 0.3 is 5.97 Å². The van der Waals surface area contributed by atoms with Crippen molar-refractivity contribution in [3.8, 4) is 0 Å². The van der Waals surface area contributed by atoms with E-state index in [1.165, 1.54) is 19.1 Å². The summed E-state index contributed by atoms with van der Waals surface area (Å²) in [5.41, 5.74) is 0.822. The largest absolute Gasteiger partial charge is 0.467 e. The molecule has 43 heavy (non-hydrogen) atoms. The summed E-state index contributed by atoms with van der Waals surface area (Å²) in [4.78, 5) is 54.8. The average Bonchev–Trinajstić information content (AvgIpc) is 3.00. The highest BCUT2D eigenvalue weighted by Crippen LogP contribution is 2.38. The minimum atomic E-state index is -1.48. The second-order valence-corrected chi connectivity index (χ2v) is 12.3. The van der Waals surface area contributed by atoms with Gasteiger partial charge in [-0.25, -0.2) is 4.79 Å². The summed E-state index contributed by atoms with van der Waals surface area (Å²) in [7, 11) is 4.28. The zero-order chi connectivity index (χ0) is 31.8. The number of hydrogen-bond acceptors (Lipinski definition) is 9. The third-order valence-corrected chi connectivity index (χ3v) is 9.12. The van der Waals surface area contributed by atoms with Crippen LogP contribution in [0.3, 0.4) is 0 Å². The van der Waals surface area contributed by atoms with E-state index in [0.29, 0.717) is 25.7 Å². The summed E-state index contributed by atoms with van der Waals surface area (Å²) >= 11 is 0. The molecule has 0 spiro atoms. The van der Waals surface area contributed by atoms with Gasteiger partial charge in [0, 0.05) is 32.6 Å². The molecule has 0 saturated carbocycles. The lowest BCUT2D eigenvalue weighted by Crippen LogP contribution is -2.59. The maximum Gasteiger partial charge on any atom is 0.328 e. The Bertz CT molecular complexity index is 1100. The van der Waals surface area contributed by atoms with E-state index in [1.54, 1.807) is 14.0 Å². The van der Waals surface area contributed by atoms with Crippen LogP contribution in [0.25, 0.3) is 0 Å². The Hall–Kier alpha value is -2.66. The smallest absolute Gasteiger partial charge is 0.328 e. The number of rotatable bonds is 6. The molecule has 0 aromatic heterocycles. The lowest BCUT2D eigenvalue weighted by atomic mass is 9.75. The molecule has 0 radical (unpaired) electrons. The summed E-state index contributed by atoms with van der Waals surface area (Å²) in [5.74, 6) is -3.82. The number of likely N-dealkylation sites (tertiary alicyclic amines) is 1. The van der Waals surface area contributed by atoms with Crippen molar-refractivity contribution in [2.75, 3.05) is 27.9 Å². The van der Waals surface area contributed by atoms with E-state index in [-0.39, 0.29) is 24.2 Å². The number of carbonyl (C=O) groups excluding carboxylic acids is 4. The molecule has 1 amide bonds. The number of allylic oxidation sites excluding steroid dienone is 5. The van der Waals surface area contributed by atoms with Crippen LogP contribution in [0.1, 0.15) is 59.8 Å². The Balaban J connectivity index is 2.01. The monoisotopic (exact) mass is 603 g/mol. The molecule has 2 heterocycles. The number of methoxy groups -OCH3 is 3. The van der Waals surface area contributed by atoms with Crippen LogP contribution in [0, 0.1) is 23.7 Å². The summed E-state index contributed by atoms with van der Waals surface area (Å²) in [6.07, 6.45) is 7.37. The van der Waals surface area contributed by atoms with Gasteiger partial charge in [0.05, 0.1) is 25.4 Å². The molecule has 0 aromatic rings. The minimum Gasteiger partial charge on any atom is -0.467 e. The summed E-state index contributed by atoms with van der Waals surface area (Å²) in [5, 5.41) is 11.1. The summed E-state index contributed by atoms with van der Waals surface area (Å²) < 4.78 is 23.1. The van der Waals surface area contributed by atoms with E-state index >= 15 is 0 Å². The first-order chi connectivity index (χ1) is 20.5. The van der Waals surface area contributed by atoms with Gasteiger partial charge in [0.2, 0.25) is 0 Å². The van der Waals surface area contributed by atoms with Crippen LogP contribution in [-0.2, 0) is 38.1 Å². The average molecular weight is 604 g/mol. The van der Waals surface area contributed by atoms with E-state index in [2.05, 4.69) is 13.0 Å². The number of Topliss-reactive ketones (excluding diaryl/α,β-unsaturated/α-hetero) is 2. The maximum atomic E-state index is 13.9. The molecule has 0 bridgehead atoms. The number of esters is 1. The topological polar surface area (TPSA) is 129 Å². The van der Waals surface area contributed by atoms with E-state index in [1.807, 2.05) is 38.2 Å². The van der Waals surface area contributed by atoms with Crippen molar-refractivity contribution < 1.29 is 43.2 Å². The fourth-order valence-corrected chi connectivity index (χ4v) is 6.72. The zero-order valence-corrected chi connectivity index (χ0v) is 26.6. The molecule has 10 nitrogen and oxygen atoms in total. The number of aliphatic hydroxyl groups excluding tert-OH is 1. The normalized spacial score (nSPS) is 38.8. The Kier molecular flexibility index (Phi) is 12.9. The number of carbonyl (C=O) groups is 4. The van der Waals surface area contributed by atoms with Gasteiger partial charge in [0.25, 0.3) is 11.7 Å². The van der Waals surface area contributed by atoms with Gasteiger partial charge in [-0.2, -0.15) is 0 Å². The van der Waals surface area contributed by atoms with Crippen LogP contribution in [0.4, 0.5) is 0 Å². The van der Waals surface area contributed by atoms with Gasteiger partial charge in [-0.3, -0.25) is 14.4 Å². The van der Waals surface area contributed by atoms with E-state index in [9.17, 15) is 24.3 Å². The van der Waals surface area contributed by atoms with Crippen molar-refractivity contribution in [1.82, 2.24) is 4.90 Å². The van der Waals surface area contributed by atoms with Crippen molar-refractivity contribution in [1.29, 1.82) is 0 Å². The van der Waals surface area contributed by atoms with Crippen LogP contribution in [0.5, 0.6) is 0 Å². The number of amides is 1. The maximum absolute atomic E-state index is 13.9. The molecular weight excluding hydrogens is 554 g/mol. The summed E-state index contributed by atoms with van der Waals surface area (Å²) in [6, 6.07) is -0.868. The Morgan fingerprint density at radius 3 is 2.33 bits per heavy atom. The molecule has 10 atom stereocenters. The van der Waals surface area contributed by atoms with Crippen LogP contribution >= 0.6 is 0 Å². The van der Waals surface area contributed by atoms with Crippen LogP contribution in [0.2, 0.25) is 0 Å². The number of aliphatic hydroxyl groups is 1. The first-order valence-corrected chi connectivity index (χ1v) is 15.3. The predicted molar refractivity (Wildman–Crippen MR) is 160 cm³/mol. The van der Waals surface area contributed by atoms with Gasteiger partial charge in [-0.05, 0) is 56.4 Å². The molecule has 1 aliphatic carbocycles. The summed E-state index contributed by atoms with van der Waals surface area (Å²) in [6.45, 7) is 7.85. The molecule has 3 rings (SSSR count). The molecule has 4 unspecified atom stereocenters. The van der Waals surface area contributed by atoms with E-state index < -0.39 is 66.1 Å². The fourth-order valence-electron chi connectivity index (χ4n) is 6.72. The molecule has 2 fully saturated rings. The zero-order valence-electron chi connectivity index (χ0n) is 26.6. The van der Waals surface area contributed by atoms with Gasteiger partial charge in [0.15, 0.2) is 11.9 Å². The number of nitrogens with zero attached hydrogens (tertiary/aromatic N) is 1. The lowest BCUT2D eigenvalue weighted by molar-refractivity contribution is -0.195.